The molecule has 1 fully saturated rings. The lowest BCUT2D eigenvalue weighted by Crippen LogP contribution is -2.25. The van der Waals surface area contributed by atoms with Crippen molar-refractivity contribution in [2.24, 2.45) is 11.3 Å². The molecule has 4 nitrogen and oxygen atoms in total. The van der Waals surface area contributed by atoms with Gasteiger partial charge in [0.1, 0.15) is 0 Å². The molecule has 0 aromatic rings. The summed E-state index contributed by atoms with van der Waals surface area (Å²) in [7, 11) is -1.71. The molecule has 1 rings (SSSR count). The summed E-state index contributed by atoms with van der Waals surface area (Å²) in [6.45, 7) is 3.93. The van der Waals surface area contributed by atoms with Crippen LogP contribution in [0, 0.1) is 11.3 Å². The molecule has 0 bridgehead atoms. The Morgan fingerprint density at radius 2 is 2.00 bits per heavy atom. The maximum absolute atomic E-state index is 12.0. The maximum Gasteiger partial charge on any atom is 0.306 e. The fourth-order valence-corrected chi connectivity index (χ4v) is 4.55. The number of hydrogen-bond donors (Lipinski definition) is 0. The molecule has 0 N–H and O–H groups in total. The fraction of sp³-hybridized carbons (Fsp3) is 0.917. The van der Waals surface area contributed by atoms with Crippen molar-refractivity contribution in [3.63, 3.8) is 0 Å². The Labute approximate surface area is 104 Å². The van der Waals surface area contributed by atoms with Gasteiger partial charge < -0.3 is 4.74 Å². The standard InChI is InChI=1S/C12H22O4S/c1-4-10(2)8-17(14,15)9-12(5-6-12)7-11(13)16-3/h10H,4-9H2,1-3H3. The largest absolute Gasteiger partial charge is 0.469 e. The predicted octanol–water partition coefficient (Wildman–Crippen LogP) is 1.79. The Hall–Kier alpha value is -0.580. The van der Waals surface area contributed by atoms with E-state index in [1.807, 2.05) is 13.8 Å². The number of carbonyl (C=O) groups excluding carboxylic acids is 1. The molecule has 1 unspecified atom stereocenters. The number of ether oxygens (including phenoxy) is 1. The molecule has 17 heavy (non-hydrogen) atoms. The van der Waals surface area contributed by atoms with Crippen molar-refractivity contribution in [2.75, 3.05) is 18.6 Å². The maximum atomic E-state index is 12.0. The van der Waals surface area contributed by atoms with Gasteiger partial charge in [-0.25, -0.2) is 8.42 Å². The summed E-state index contributed by atoms with van der Waals surface area (Å²) in [5, 5.41) is 0. The van der Waals surface area contributed by atoms with Crippen molar-refractivity contribution in [1.29, 1.82) is 0 Å². The molecule has 100 valence electrons. The zero-order valence-corrected chi connectivity index (χ0v) is 11.7. The van der Waals surface area contributed by atoms with Crippen LogP contribution in [-0.4, -0.2) is 33.0 Å². The van der Waals surface area contributed by atoms with Gasteiger partial charge in [0.15, 0.2) is 9.84 Å². The number of esters is 1. The lowest BCUT2D eigenvalue weighted by Gasteiger charge is -2.15. The van der Waals surface area contributed by atoms with Crippen LogP contribution in [0.2, 0.25) is 0 Å². The van der Waals surface area contributed by atoms with Crippen LogP contribution in [0.15, 0.2) is 0 Å². The molecule has 1 aliphatic carbocycles. The minimum absolute atomic E-state index is 0.138. The number of sulfone groups is 1. The highest BCUT2D eigenvalue weighted by molar-refractivity contribution is 7.91. The second-order valence-electron chi connectivity index (χ2n) is 5.32. The van der Waals surface area contributed by atoms with E-state index in [1.54, 1.807) is 0 Å². The van der Waals surface area contributed by atoms with E-state index in [-0.39, 0.29) is 35.2 Å². The third kappa shape index (κ3) is 4.66. The molecule has 0 aromatic heterocycles. The zero-order chi connectivity index (χ0) is 13.1. The second-order valence-corrected chi connectivity index (χ2v) is 7.43. The van der Waals surface area contributed by atoms with Crippen LogP contribution in [0.5, 0.6) is 0 Å². The molecule has 0 radical (unpaired) electrons. The van der Waals surface area contributed by atoms with E-state index in [2.05, 4.69) is 4.74 Å². The van der Waals surface area contributed by atoms with E-state index < -0.39 is 9.84 Å². The normalized spacial score (nSPS) is 19.7. The Morgan fingerprint density at radius 1 is 1.41 bits per heavy atom. The zero-order valence-electron chi connectivity index (χ0n) is 10.9. The van der Waals surface area contributed by atoms with Gasteiger partial charge >= 0.3 is 5.97 Å². The van der Waals surface area contributed by atoms with E-state index in [0.29, 0.717) is 0 Å². The van der Waals surface area contributed by atoms with Crippen LogP contribution in [0.1, 0.15) is 39.5 Å². The molecule has 0 spiro atoms. The Balaban J connectivity index is 2.55. The molecule has 1 aliphatic rings. The van der Waals surface area contributed by atoms with Gasteiger partial charge in [-0.15, -0.1) is 0 Å². The van der Waals surface area contributed by atoms with Gasteiger partial charge in [0.05, 0.1) is 25.0 Å². The summed E-state index contributed by atoms with van der Waals surface area (Å²) >= 11 is 0. The molecule has 0 amide bonds. The molecule has 0 aliphatic heterocycles. The van der Waals surface area contributed by atoms with Crippen molar-refractivity contribution in [1.82, 2.24) is 0 Å². The average Bonchev–Trinajstić information content (AvgIpc) is 2.95. The van der Waals surface area contributed by atoms with E-state index in [1.165, 1.54) is 7.11 Å². The first-order valence-electron chi connectivity index (χ1n) is 6.10. The lowest BCUT2D eigenvalue weighted by atomic mass is 10.1. The van der Waals surface area contributed by atoms with Crippen LogP contribution in [0.3, 0.4) is 0 Å². The van der Waals surface area contributed by atoms with E-state index >= 15 is 0 Å². The predicted molar refractivity (Wildman–Crippen MR) is 66.4 cm³/mol. The topological polar surface area (TPSA) is 60.4 Å². The smallest absolute Gasteiger partial charge is 0.306 e. The quantitative estimate of drug-likeness (QED) is 0.656. The van der Waals surface area contributed by atoms with E-state index in [9.17, 15) is 13.2 Å². The van der Waals surface area contributed by atoms with Crippen LogP contribution in [0.25, 0.3) is 0 Å². The summed E-state index contributed by atoms with van der Waals surface area (Å²) in [6, 6.07) is 0. The first kappa shape index (κ1) is 14.5. The summed E-state index contributed by atoms with van der Waals surface area (Å²) in [5.41, 5.74) is -0.320. The molecular weight excluding hydrogens is 240 g/mol. The molecular formula is C12H22O4S. The number of methoxy groups -OCH3 is 1. The minimum Gasteiger partial charge on any atom is -0.469 e. The second kappa shape index (κ2) is 5.38. The Bertz CT molecular complexity index is 368. The van der Waals surface area contributed by atoms with Crippen molar-refractivity contribution < 1.29 is 17.9 Å². The SMILES string of the molecule is CCC(C)CS(=O)(=O)CC1(CC(=O)OC)CC1. The molecule has 0 saturated heterocycles. The van der Waals surface area contributed by atoms with Gasteiger partial charge in [0, 0.05) is 0 Å². The molecule has 1 saturated carbocycles. The lowest BCUT2D eigenvalue weighted by molar-refractivity contribution is -0.141. The molecule has 1 atom stereocenters. The first-order valence-corrected chi connectivity index (χ1v) is 7.92. The van der Waals surface area contributed by atoms with Crippen LogP contribution < -0.4 is 0 Å². The Kier molecular flexibility index (Phi) is 4.58. The summed E-state index contributed by atoms with van der Waals surface area (Å²) in [5.74, 6) is 0.251. The van der Waals surface area contributed by atoms with Crippen molar-refractivity contribution in [3.8, 4) is 0 Å². The highest BCUT2D eigenvalue weighted by atomic mass is 32.2. The summed E-state index contributed by atoms with van der Waals surface area (Å²) in [4.78, 5) is 11.2. The van der Waals surface area contributed by atoms with Gasteiger partial charge in [-0.3, -0.25) is 4.79 Å². The van der Waals surface area contributed by atoms with Gasteiger partial charge in [-0.2, -0.15) is 0 Å². The van der Waals surface area contributed by atoms with Crippen molar-refractivity contribution >= 4 is 15.8 Å². The minimum atomic E-state index is -3.05. The summed E-state index contributed by atoms with van der Waals surface area (Å²) in [6.07, 6.45) is 2.75. The Morgan fingerprint density at radius 3 is 2.41 bits per heavy atom. The highest BCUT2D eigenvalue weighted by Crippen LogP contribution is 2.50. The molecule has 0 heterocycles. The highest BCUT2D eigenvalue weighted by Gasteiger charge is 2.47. The van der Waals surface area contributed by atoms with Gasteiger partial charge in [-0.05, 0) is 24.2 Å². The summed E-state index contributed by atoms with van der Waals surface area (Å²) < 4.78 is 28.6. The monoisotopic (exact) mass is 262 g/mol. The van der Waals surface area contributed by atoms with Crippen LogP contribution in [0.4, 0.5) is 0 Å². The number of carbonyl (C=O) groups is 1. The van der Waals surface area contributed by atoms with E-state index in [4.69, 9.17) is 0 Å². The fourth-order valence-electron chi connectivity index (χ4n) is 2.00. The van der Waals surface area contributed by atoms with Crippen LogP contribution in [-0.2, 0) is 19.4 Å². The van der Waals surface area contributed by atoms with Gasteiger partial charge in [0.2, 0.25) is 0 Å². The van der Waals surface area contributed by atoms with Gasteiger partial charge in [0.25, 0.3) is 0 Å². The van der Waals surface area contributed by atoms with Crippen molar-refractivity contribution in [3.05, 3.63) is 0 Å². The number of rotatable bonds is 7. The molecule has 5 heteroatoms. The van der Waals surface area contributed by atoms with Crippen molar-refractivity contribution in [2.45, 2.75) is 39.5 Å². The third-order valence-corrected chi connectivity index (χ3v) is 5.59. The molecule has 0 aromatic carbocycles. The number of hydrogen-bond acceptors (Lipinski definition) is 4. The first-order chi connectivity index (χ1) is 7.82. The average molecular weight is 262 g/mol. The van der Waals surface area contributed by atoms with E-state index in [0.717, 1.165) is 19.3 Å². The van der Waals surface area contributed by atoms with Crippen LogP contribution >= 0.6 is 0 Å². The third-order valence-electron chi connectivity index (χ3n) is 3.47. The van der Waals surface area contributed by atoms with Gasteiger partial charge in [-0.1, -0.05) is 20.3 Å².